The zero-order valence-electron chi connectivity index (χ0n) is 18.0. The number of benzene rings is 2. The maximum Gasteiger partial charge on any atom is 0.202 e. The average Bonchev–Trinajstić information content (AvgIpc) is 3.18. The number of nitrogens with one attached hydrogen (secondary N) is 1. The third-order valence-corrected chi connectivity index (χ3v) is 7.70. The summed E-state index contributed by atoms with van der Waals surface area (Å²) >= 11 is 0. The van der Waals surface area contributed by atoms with Crippen LogP contribution in [0.25, 0.3) is 11.4 Å². The van der Waals surface area contributed by atoms with E-state index >= 15 is 0 Å². The molecule has 158 valence electrons. The molecular weight excluding hydrogens is 408 g/mol. The molecule has 30 heavy (non-hydrogen) atoms. The van der Waals surface area contributed by atoms with Gasteiger partial charge >= 0.3 is 0 Å². The Morgan fingerprint density at radius 2 is 1.67 bits per heavy atom. The lowest BCUT2D eigenvalue weighted by Gasteiger charge is -2.26. The molecule has 0 atom stereocenters. The van der Waals surface area contributed by atoms with Crippen molar-refractivity contribution in [2.24, 2.45) is 0 Å². The predicted molar refractivity (Wildman–Crippen MR) is 129 cm³/mol. The molecule has 1 aliphatic heterocycles. The first-order chi connectivity index (χ1) is 14.5. The Bertz CT molecular complexity index is 940. The van der Waals surface area contributed by atoms with E-state index in [1.807, 2.05) is 10.8 Å². The first-order valence-electron chi connectivity index (χ1n) is 10.6. The molecule has 0 saturated carbocycles. The van der Waals surface area contributed by atoms with E-state index in [1.54, 1.807) is 10.8 Å². The van der Waals surface area contributed by atoms with Crippen molar-refractivity contribution in [3.8, 4) is 11.4 Å². The standard InChI is InChI=1S/C24H30N4S2/c1-24(2,3)20-11-9-19(10-12-20)22-26-27-23(28(22)21-13-15-25-16-14-21)30-29-17-18-7-5-4-6-8-18/h4-12,21,25H,13-17H2,1-3H3. The summed E-state index contributed by atoms with van der Waals surface area (Å²) < 4.78 is 2.38. The van der Waals surface area contributed by atoms with E-state index in [1.165, 1.54) is 11.1 Å². The van der Waals surface area contributed by atoms with Crippen molar-refractivity contribution in [3.63, 3.8) is 0 Å². The monoisotopic (exact) mass is 438 g/mol. The molecule has 0 aliphatic carbocycles. The van der Waals surface area contributed by atoms with Crippen LogP contribution in [0.15, 0.2) is 59.8 Å². The van der Waals surface area contributed by atoms with Crippen LogP contribution in [0.3, 0.4) is 0 Å². The van der Waals surface area contributed by atoms with Gasteiger partial charge in [-0.2, -0.15) is 0 Å². The summed E-state index contributed by atoms with van der Waals surface area (Å²) in [5.74, 6) is 1.95. The van der Waals surface area contributed by atoms with Crippen molar-refractivity contribution in [2.45, 2.75) is 56.0 Å². The Morgan fingerprint density at radius 3 is 2.33 bits per heavy atom. The first kappa shape index (κ1) is 21.5. The number of rotatable bonds is 6. The van der Waals surface area contributed by atoms with Crippen molar-refractivity contribution in [2.75, 3.05) is 13.1 Å². The van der Waals surface area contributed by atoms with Crippen LogP contribution in [0.5, 0.6) is 0 Å². The van der Waals surface area contributed by atoms with Gasteiger partial charge in [-0.05, 0) is 53.3 Å². The predicted octanol–water partition coefficient (Wildman–Crippen LogP) is 6.11. The number of piperidine rings is 1. The minimum absolute atomic E-state index is 0.149. The second-order valence-corrected chi connectivity index (χ2v) is 11.1. The highest BCUT2D eigenvalue weighted by molar-refractivity contribution is 8.76. The largest absolute Gasteiger partial charge is 0.317 e. The summed E-state index contributed by atoms with van der Waals surface area (Å²) in [5.41, 5.74) is 3.97. The number of nitrogens with zero attached hydrogens (tertiary/aromatic N) is 3. The van der Waals surface area contributed by atoms with Crippen LogP contribution in [-0.4, -0.2) is 27.9 Å². The number of aromatic nitrogens is 3. The fourth-order valence-electron chi connectivity index (χ4n) is 3.77. The van der Waals surface area contributed by atoms with E-state index < -0.39 is 0 Å². The van der Waals surface area contributed by atoms with Gasteiger partial charge in [-0.1, -0.05) is 86.2 Å². The summed E-state index contributed by atoms with van der Waals surface area (Å²) in [6, 6.07) is 19.9. The van der Waals surface area contributed by atoms with Crippen molar-refractivity contribution in [1.29, 1.82) is 0 Å². The lowest BCUT2D eigenvalue weighted by atomic mass is 9.86. The Hall–Kier alpha value is -1.76. The van der Waals surface area contributed by atoms with Crippen LogP contribution in [0.2, 0.25) is 0 Å². The maximum absolute atomic E-state index is 4.64. The molecule has 3 aromatic rings. The zero-order chi connectivity index (χ0) is 21.0. The smallest absolute Gasteiger partial charge is 0.202 e. The molecule has 0 radical (unpaired) electrons. The van der Waals surface area contributed by atoms with Gasteiger partial charge in [0.05, 0.1) is 0 Å². The minimum atomic E-state index is 0.149. The second kappa shape index (κ2) is 9.58. The molecular formula is C24H30N4S2. The molecule has 1 N–H and O–H groups in total. The molecule has 1 saturated heterocycles. The highest BCUT2D eigenvalue weighted by Gasteiger charge is 2.24. The lowest BCUT2D eigenvalue weighted by Crippen LogP contribution is -2.30. The summed E-state index contributed by atoms with van der Waals surface area (Å²) in [7, 11) is 3.57. The fourth-order valence-corrected chi connectivity index (χ4v) is 5.89. The molecule has 6 heteroatoms. The molecule has 1 fully saturated rings. The quantitative estimate of drug-likeness (QED) is 0.471. The highest BCUT2D eigenvalue weighted by Crippen LogP contribution is 2.38. The van der Waals surface area contributed by atoms with Crippen molar-refractivity contribution >= 4 is 21.6 Å². The van der Waals surface area contributed by atoms with Crippen LogP contribution in [0.1, 0.15) is 50.8 Å². The number of hydrogen-bond donors (Lipinski definition) is 1. The van der Waals surface area contributed by atoms with Gasteiger partial charge in [0, 0.05) is 17.4 Å². The van der Waals surface area contributed by atoms with E-state index in [-0.39, 0.29) is 5.41 Å². The summed E-state index contributed by atoms with van der Waals surface area (Å²) in [5, 5.41) is 13.7. The number of hydrogen-bond acceptors (Lipinski definition) is 5. The normalized spacial score (nSPS) is 15.4. The first-order valence-corrected chi connectivity index (χ1v) is 12.9. The summed E-state index contributed by atoms with van der Waals surface area (Å²) in [4.78, 5) is 0. The highest BCUT2D eigenvalue weighted by atomic mass is 33.1. The van der Waals surface area contributed by atoms with Crippen LogP contribution < -0.4 is 5.32 Å². The van der Waals surface area contributed by atoms with Gasteiger partial charge in [0.1, 0.15) is 0 Å². The molecule has 0 unspecified atom stereocenters. The molecule has 4 nitrogen and oxygen atoms in total. The van der Waals surface area contributed by atoms with E-state index in [4.69, 9.17) is 0 Å². The van der Waals surface area contributed by atoms with Gasteiger partial charge in [0.25, 0.3) is 0 Å². The average molecular weight is 439 g/mol. The minimum Gasteiger partial charge on any atom is -0.317 e. The Labute approximate surface area is 187 Å². The maximum atomic E-state index is 4.64. The molecule has 4 rings (SSSR count). The van der Waals surface area contributed by atoms with Crippen LogP contribution >= 0.6 is 21.6 Å². The molecule has 2 heterocycles. The van der Waals surface area contributed by atoms with Gasteiger partial charge in [-0.3, -0.25) is 4.57 Å². The van der Waals surface area contributed by atoms with Crippen LogP contribution in [0, 0.1) is 0 Å². The van der Waals surface area contributed by atoms with Crippen molar-refractivity contribution < 1.29 is 0 Å². The molecule has 1 aliphatic rings. The zero-order valence-corrected chi connectivity index (χ0v) is 19.6. The van der Waals surface area contributed by atoms with Crippen molar-refractivity contribution in [3.05, 3.63) is 65.7 Å². The summed E-state index contributed by atoms with van der Waals surface area (Å²) in [6.45, 7) is 8.84. The fraction of sp³-hybridized carbons (Fsp3) is 0.417. The lowest BCUT2D eigenvalue weighted by molar-refractivity contribution is 0.353. The van der Waals surface area contributed by atoms with Crippen molar-refractivity contribution in [1.82, 2.24) is 20.1 Å². The van der Waals surface area contributed by atoms with Gasteiger partial charge in [0.15, 0.2) is 5.82 Å². The van der Waals surface area contributed by atoms with Gasteiger partial charge in [-0.15, -0.1) is 10.2 Å². The Balaban J connectivity index is 1.58. The third-order valence-electron chi connectivity index (χ3n) is 5.55. The van der Waals surface area contributed by atoms with E-state index in [9.17, 15) is 0 Å². The van der Waals surface area contributed by atoms with Gasteiger partial charge in [0.2, 0.25) is 5.16 Å². The second-order valence-electron chi connectivity index (χ2n) is 8.82. The molecule has 0 spiro atoms. The van der Waals surface area contributed by atoms with Crippen LogP contribution in [-0.2, 0) is 11.2 Å². The van der Waals surface area contributed by atoms with Gasteiger partial charge < -0.3 is 5.32 Å². The van der Waals surface area contributed by atoms with Crippen LogP contribution in [0.4, 0.5) is 0 Å². The van der Waals surface area contributed by atoms with E-state index in [0.29, 0.717) is 6.04 Å². The van der Waals surface area contributed by atoms with Gasteiger partial charge in [-0.25, -0.2) is 0 Å². The van der Waals surface area contributed by atoms with E-state index in [2.05, 4.69) is 95.4 Å². The molecule has 1 aromatic heterocycles. The molecule has 0 amide bonds. The summed E-state index contributed by atoms with van der Waals surface area (Å²) in [6.07, 6.45) is 2.23. The third kappa shape index (κ3) is 5.10. The Morgan fingerprint density at radius 1 is 0.967 bits per heavy atom. The topological polar surface area (TPSA) is 42.7 Å². The van der Waals surface area contributed by atoms with E-state index in [0.717, 1.165) is 48.2 Å². The molecule has 0 bridgehead atoms. The SMILES string of the molecule is CC(C)(C)c1ccc(-c2nnc(SSCc3ccccc3)n2C2CCNCC2)cc1. The molecule has 2 aromatic carbocycles. The Kier molecular flexibility index (Phi) is 6.86.